The van der Waals surface area contributed by atoms with E-state index in [9.17, 15) is 9.50 Å². The van der Waals surface area contributed by atoms with Gasteiger partial charge in [0.05, 0.1) is 18.9 Å². The molecule has 100 valence electrons. The smallest absolute Gasteiger partial charge is 0.146 e. The molecule has 0 spiro atoms. The van der Waals surface area contributed by atoms with Gasteiger partial charge in [-0.3, -0.25) is 0 Å². The number of halogens is 1. The molecular formula is C15H16FNO2. The maximum absolute atomic E-state index is 13.4. The van der Waals surface area contributed by atoms with Crippen molar-refractivity contribution in [1.29, 1.82) is 0 Å². The number of hydrogen-bond donors (Lipinski definition) is 2. The van der Waals surface area contributed by atoms with Crippen molar-refractivity contribution in [3.63, 3.8) is 0 Å². The van der Waals surface area contributed by atoms with Crippen molar-refractivity contribution in [1.82, 2.24) is 0 Å². The van der Waals surface area contributed by atoms with Crippen LogP contribution in [-0.4, -0.2) is 18.8 Å². The van der Waals surface area contributed by atoms with Crippen LogP contribution in [-0.2, 0) is 0 Å². The van der Waals surface area contributed by atoms with Crippen LogP contribution in [0.4, 0.5) is 10.1 Å². The van der Waals surface area contributed by atoms with Crippen molar-refractivity contribution in [3.8, 4) is 5.75 Å². The van der Waals surface area contributed by atoms with E-state index >= 15 is 0 Å². The van der Waals surface area contributed by atoms with Crippen molar-refractivity contribution in [2.45, 2.75) is 6.10 Å². The van der Waals surface area contributed by atoms with E-state index < -0.39 is 6.10 Å². The average Bonchev–Trinajstić information content (AvgIpc) is 2.46. The van der Waals surface area contributed by atoms with Gasteiger partial charge in [0.1, 0.15) is 11.6 Å². The number of anilines is 1. The first-order chi connectivity index (χ1) is 9.20. The maximum Gasteiger partial charge on any atom is 0.146 e. The molecule has 0 bridgehead atoms. The molecule has 0 radical (unpaired) electrons. The lowest BCUT2D eigenvalue weighted by Gasteiger charge is -2.14. The molecule has 0 fully saturated rings. The third kappa shape index (κ3) is 3.45. The van der Waals surface area contributed by atoms with Gasteiger partial charge in [-0.15, -0.1) is 0 Å². The molecule has 3 nitrogen and oxygen atoms in total. The summed E-state index contributed by atoms with van der Waals surface area (Å²) in [5.41, 5.74) is 1.14. The van der Waals surface area contributed by atoms with Crippen LogP contribution in [0.3, 0.4) is 0 Å². The number of aliphatic hydroxyl groups is 1. The van der Waals surface area contributed by atoms with E-state index in [0.29, 0.717) is 5.69 Å². The molecule has 0 aliphatic rings. The van der Waals surface area contributed by atoms with Crippen molar-refractivity contribution < 1.29 is 14.2 Å². The Hall–Kier alpha value is -2.07. The Kier molecular flexibility index (Phi) is 4.36. The first-order valence-electron chi connectivity index (χ1n) is 6.01. The minimum absolute atomic E-state index is 0.243. The van der Waals surface area contributed by atoms with Gasteiger partial charge in [0.25, 0.3) is 0 Å². The summed E-state index contributed by atoms with van der Waals surface area (Å²) >= 11 is 0. The van der Waals surface area contributed by atoms with Crippen molar-refractivity contribution in [2.24, 2.45) is 0 Å². The summed E-state index contributed by atoms with van der Waals surface area (Å²) in [7, 11) is 1.59. The summed E-state index contributed by atoms with van der Waals surface area (Å²) in [5, 5.41) is 12.9. The standard InChI is InChI=1S/C15H16FNO2/c1-19-12-8-6-11(7-9-12)15(18)10-17-14-5-3-2-4-13(14)16/h2-9,15,17-18H,10H2,1H3. The van der Waals surface area contributed by atoms with Gasteiger partial charge in [0, 0.05) is 6.54 Å². The Morgan fingerprint density at radius 3 is 2.47 bits per heavy atom. The summed E-state index contributed by atoms with van der Waals surface area (Å²) in [6.45, 7) is 0.243. The van der Waals surface area contributed by atoms with Crippen LogP contribution in [0, 0.1) is 5.82 Å². The molecule has 4 heteroatoms. The molecule has 0 aromatic heterocycles. The molecule has 1 unspecified atom stereocenters. The fourth-order valence-electron chi connectivity index (χ4n) is 1.76. The first-order valence-corrected chi connectivity index (χ1v) is 6.01. The van der Waals surface area contributed by atoms with Crippen LogP contribution in [0.2, 0.25) is 0 Å². The van der Waals surface area contributed by atoms with Crippen LogP contribution >= 0.6 is 0 Å². The Bertz CT molecular complexity index is 528. The number of para-hydroxylation sites is 1. The number of aliphatic hydroxyl groups excluding tert-OH is 1. The van der Waals surface area contributed by atoms with E-state index in [2.05, 4.69) is 5.32 Å². The highest BCUT2D eigenvalue weighted by Crippen LogP contribution is 2.19. The largest absolute Gasteiger partial charge is 0.497 e. The third-order valence-corrected chi connectivity index (χ3v) is 2.86. The second-order valence-corrected chi connectivity index (χ2v) is 4.15. The molecule has 2 aromatic carbocycles. The van der Waals surface area contributed by atoms with Crippen LogP contribution in [0.1, 0.15) is 11.7 Å². The van der Waals surface area contributed by atoms with Crippen LogP contribution in [0.15, 0.2) is 48.5 Å². The quantitative estimate of drug-likeness (QED) is 0.869. The highest BCUT2D eigenvalue weighted by molar-refractivity contribution is 5.44. The average molecular weight is 261 g/mol. The summed E-state index contributed by atoms with van der Waals surface area (Å²) in [6, 6.07) is 13.5. The van der Waals surface area contributed by atoms with E-state index in [1.54, 1.807) is 49.6 Å². The highest BCUT2D eigenvalue weighted by Gasteiger charge is 2.08. The molecule has 19 heavy (non-hydrogen) atoms. The number of hydrogen-bond acceptors (Lipinski definition) is 3. The van der Waals surface area contributed by atoms with E-state index in [1.807, 2.05) is 0 Å². The Balaban J connectivity index is 1.97. The Morgan fingerprint density at radius 2 is 1.84 bits per heavy atom. The number of ether oxygens (including phenoxy) is 1. The fraction of sp³-hybridized carbons (Fsp3) is 0.200. The van der Waals surface area contributed by atoms with Gasteiger partial charge in [0.2, 0.25) is 0 Å². The van der Waals surface area contributed by atoms with E-state index in [1.165, 1.54) is 6.07 Å². The van der Waals surface area contributed by atoms with Gasteiger partial charge in [0.15, 0.2) is 0 Å². The van der Waals surface area contributed by atoms with Gasteiger partial charge in [-0.25, -0.2) is 4.39 Å². The molecule has 0 aliphatic heterocycles. The van der Waals surface area contributed by atoms with Gasteiger partial charge >= 0.3 is 0 Å². The van der Waals surface area contributed by atoms with Crippen LogP contribution < -0.4 is 10.1 Å². The number of nitrogens with one attached hydrogen (secondary N) is 1. The minimum Gasteiger partial charge on any atom is -0.497 e. The molecule has 2 rings (SSSR count). The normalized spacial score (nSPS) is 11.9. The SMILES string of the molecule is COc1ccc(C(O)CNc2ccccc2F)cc1. The van der Waals surface area contributed by atoms with E-state index in [-0.39, 0.29) is 12.4 Å². The van der Waals surface area contributed by atoms with Gasteiger partial charge < -0.3 is 15.2 Å². The summed E-state index contributed by atoms with van der Waals surface area (Å²) in [4.78, 5) is 0. The maximum atomic E-state index is 13.4. The number of rotatable bonds is 5. The molecule has 2 aromatic rings. The highest BCUT2D eigenvalue weighted by atomic mass is 19.1. The molecule has 0 saturated heterocycles. The fourth-order valence-corrected chi connectivity index (χ4v) is 1.76. The zero-order valence-corrected chi connectivity index (χ0v) is 10.6. The predicted molar refractivity (Wildman–Crippen MR) is 72.8 cm³/mol. The molecule has 0 heterocycles. The summed E-state index contributed by atoms with van der Waals surface area (Å²) in [5.74, 6) is 0.405. The number of methoxy groups -OCH3 is 1. The third-order valence-electron chi connectivity index (χ3n) is 2.86. The van der Waals surface area contributed by atoms with E-state index in [4.69, 9.17) is 4.74 Å². The second-order valence-electron chi connectivity index (χ2n) is 4.15. The first kappa shape index (κ1) is 13.4. The lowest BCUT2D eigenvalue weighted by Crippen LogP contribution is -2.12. The Morgan fingerprint density at radius 1 is 1.16 bits per heavy atom. The lowest BCUT2D eigenvalue weighted by molar-refractivity contribution is 0.191. The lowest BCUT2D eigenvalue weighted by atomic mass is 10.1. The van der Waals surface area contributed by atoms with Gasteiger partial charge in [-0.05, 0) is 29.8 Å². The molecule has 0 aliphatic carbocycles. The zero-order chi connectivity index (χ0) is 13.7. The topological polar surface area (TPSA) is 41.5 Å². The van der Waals surface area contributed by atoms with Gasteiger partial charge in [-0.1, -0.05) is 24.3 Å². The van der Waals surface area contributed by atoms with Crippen molar-refractivity contribution >= 4 is 5.69 Å². The van der Waals surface area contributed by atoms with Crippen LogP contribution in [0.5, 0.6) is 5.75 Å². The second kappa shape index (κ2) is 6.20. The summed E-state index contributed by atoms with van der Waals surface area (Å²) < 4.78 is 18.4. The monoisotopic (exact) mass is 261 g/mol. The molecule has 0 saturated carbocycles. The van der Waals surface area contributed by atoms with Crippen molar-refractivity contribution in [2.75, 3.05) is 19.0 Å². The van der Waals surface area contributed by atoms with Crippen LogP contribution in [0.25, 0.3) is 0 Å². The molecular weight excluding hydrogens is 245 g/mol. The number of benzene rings is 2. The molecule has 0 amide bonds. The Labute approximate surface area is 111 Å². The molecule has 2 N–H and O–H groups in total. The van der Waals surface area contributed by atoms with Gasteiger partial charge in [-0.2, -0.15) is 0 Å². The van der Waals surface area contributed by atoms with Crippen molar-refractivity contribution in [3.05, 3.63) is 59.9 Å². The summed E-state index contributed by atoms with van der Waals surface area (Å²) in [6.07, 6.45) is -0.703. The molecule has 1 atom stereocenters. The predicted octanol–water partition coefficient (Wildman–Crippen LogP) is 2.98. The van der Waals surface area contributed by atoms with E-state index in [0.717, 1.165) is 11.3 Å². The minimum atomic E-state index is -0.703. The zero-order valence-electron chi connectivity index (χ0n) is 10.6.